The summed E-state index contributed by atoms with van der Waals surface area (Å²) in [5, 5.41) is 0. The Morgan fingerprint density at radius 2 is 2.00 bits per heavy atom. The number of hydrogen-bond acceptors (Lipinski definition) is 2. The van der Waals surface area contributed by atoms with Crippen molar-refractivity contribution in [3.8, 4) is 5.75 Å². The molecule has 14 heavy (non-hydrogen) atoms. The molecule has 0 saturated carbocycles. The topological polar surface area (TPSA) is 26.3 Å². The SMILES string of the molecule is C[Si](C)(C)Oc1cccc(C=O)c1Br. The van der Waals surface area contributed by atoms with Gasteiger partial charge in [0.1, 0.15) is 5.75 Å². The summed E-state index contributed by atoms with van der Waals surface area (Å²) >= 11 is 3.36. The van der Waals surface area contributed by atoms with E-state index in [4.69, 9.17) is 4.43 Å². The zero-order valence-corrected chi connectivity index (χ0v) is 11.1. The predicted octanol–water partition coefficient (Wildman–Crippen LogP) is 3.48. The molecule has 0 spiro atoms. The van der Waals surface area contributed by atoms with E-state index in [1.54, 1.807) is 6.07 Å². The standard InChI is InChI=1S/C10H13BrO2Si/c1-14(2,3)13-9-6-4-5-8(7-12)10(9)11/h4-7H,1-3H3. The Kier molecular flexibility index (Phi) is 3.50. The maximum absolute atomic E-state index is 10.7. The lowest BCUT2D eigenvalue weighted by molar-refractivity contribution is 0.112. The van der Waals surface area contributed by atoms with Gasteiger partial charge in [0, 0.05) is 5.56 Å². The summed E-state index contributed by atoms with van der Waals surface area (Å²) in [6.07, 6.45) is 0.821. The van der Waals surface area contributed by atoms with Gasteiger partial charge < -0.3 is 4.43 Å². The van der Waals surface area contributed by atoms with Crippen molar-refractivity contribution in [2.75, 3.05) is 0 Å². The lowest BCUT2D eigenvalue weighted by Gasteiger charge is -2.20. The molecule has 1 aromatic rings. The second-order valence-electron chi connectivity index (χ2n) is 3.99. The molecule has 0 aliphatic rings. The fourth-order valence-electron chi connectivity index (χ4n) is 1.03. The molecule has 4 heteroatoms. The third-order valence-corrected chi connectivity index (χ3v) is 3.22. The Hall–Kier alpha value is -0.613. The Morgan fingerprint density at radius 1 is 1.36 bits per heavy atom. The summed E-state index contributed by atoms with van der Waals surface area (Å²) < 4.78 is 6.56. The molecular weight excluding hydrogens is 260 g/mol. The molecule has 1 aromatic carbocycles. The van der Waals surface area contributed by atoms with E-state index in [1.807, 2.05) is 12.1 Å². The van der Waals surface area contributed by atoms with Crippen LogP contribution in [0, 0.1) is 0 Å². The van der Waals surface area contributed by atoms with Gasteiger partial charge in [-0.2, -0.15) is 0 Å². The molecule has 2 nitrogen and oxygen atoms in total. The quantitative estimate of drug-likeness (QED) is 0.622. The second-order valence-corrected chi connectivity index (χ2v) is 9.21. The van der Waals surface area contributed by atoms with Crippen molar-refractivity contribution in [3.05, 3.63) is 28.2 Å². The highest BCUT2D eigenvalue weighted by Gasteiger charge is 2.18. The minimum absolute atomic E-state index is 0.626. The van der Waals surface area contributed by atoms with Crippen LogP contribution in [0.5, 0.6) is 5.75 Å². The highest BCUT2D eigenvalue weighted by molar-refractivity contribution is 9.10. The number of benzene rings is 1. The van der Waals surface area contributed by atoms with Gasteiger partial charge in [-0.3, -0.25) is 4.79 Å². The van der Waals surface area contributed by atoms with Crippen molar-refractivity contribution in [2.24, 2.45) is 0 Å². The fourth-order valence-corrected chi connectivity index (χ4v) is 2.45. The van der Waals surface area contributed by atoms with Crippen LogP contribution in [-0.4, -0.2) is 14.6 Å². The van der Waals surface area contributed by atoms with E-state index < -0.39 is 8.32 Å². The predicted molar refractivity (Wildman–Crippen MR) is 63.5 cm³/mol. The minimum atomic E-state index is -1.61. The first-order valence-electron chi connectivity index (χ1n) is 4.37. The third kappa shape index (κ3) is 2.96. The third-order valence-electron chi connectivity index (χ3n) is 1.54. The van der Waals surface area contributed by atoms with Crippen LogP contribution in [0.1, 0.15) is 10.4 Å². The van der Waals surface area contributed by atoms with E-state index in [1.165, 1.54) is 0 Å². The van der Waals surface area contributed by atoms with Gasteiger partial charge in [0.05, 0.1) is 4.47 Å². The van der Waals surface area contributed by atoms with Crippen molar-refractivity contribution in [3.63, 3.8) is 0 Å². The van der Waals surface area contributed by atoms with Crippen LogP contribution in [0.25, 0.3) is 0 Å². The molecule has 0 saturated heterocycles. The molecule has 1 rings (SSSR count). The highest BCUT2D eigenvalue weighted by Crippen LogP contribution is 2.29. The van der Waals surface area contributed by atoms with Crippen LogP contribution < -0.4 is 4.43 Å². The van der Waals surface area contributed by atoms with Gasteiger partial charge in [-0.05, 0) is 41.6 Å². The van der Waals surface area contributed by atoms with E-state index in [2.05, 4.69) is 35.6 Å². The first-order valence-corrected chi connectivity index (χ1v) is 8.57. The molecule has 0 amide bonds. The lowest BCUT2D eigenvalue weighted by Crippen LogP contribution is -2.29. The summed E-state index contributed by atoms with van der Waals surface area (Å²) in [6.45, 7) is 6.31. The van der Waals surface area contributed by atoms with Crippen LogP contribution in [0.15, 0.2) is 22.7 Å². The zero-order valence-electron chi connectivity index (χ0n) is 8.50. The van der Waals surface area contributed by atoms with Crippen molar-refractivity contribution < 1.29 is 9.22 Å². The van der Waals surface area contributed by atoms with Crippen molar-refractivity contribution >= 4 is 30.5 Å². The van der Waals surface area contributed by atoms with Gasteiger partial charge in [0.25, 0.3) is 0 Å². The van der Waals surface area contributed by atoms with E-state index in [0.717, 1.165) is 16.5 Å². The van der Waals surface area contributed by atoms with Crippen LogP contribution in [0.4, 0.5) is 0 Å². The van der Waals surface area contributed by atoms with Gasteiger partial charge in [-0.15, -0.1) is 0 Å². The molecule has 0 aromatic heterocycles. The van der Waals surface area contributed by atoms with Crippen molar-refractivity contribution in [2.45, 2.75) is 19.6 Å². The first kappa shape index (κ1) is 11.5. The summed E-state index contributed by atoms with van der Waals surface area (Å²) in [4.78, 5) is 10.7. The Balaban J connectivity index is 3.04. The smallest absolute Gasteiger partial charge is 0.242 e. The molecule has 0 aliphatic carbocycles. The van der Waals surface area contributed by atoms with Gasteiger partial charge in [-0.25, -0.2) is 0 Å². The Morgan fingerprint density at radius 3 is 2.50 bits per heavy atom. The molecule has 0 unspecified atom stereocenters. The van der Waals surface area contributed by atoms with Crippen LogP contribution in [0.3, 0.4) is 0 Å². The average Bonchev–Trinajstić information content (AvgIpc) is 2.06. The Bertz CT molecular complexity index is 344. The number of carbonyl (C=O) groups excluding carboxylic acids is 1. The average molecular weight is 273 g/mol. The number of hydrogen-bond donors (Lipinski definition) is 0. The number of rotatable bonds is 3. The maximum Gasteiger partial charge on any atom is 0.242 e. The van der Waals surface area contributed by atoms with Crippen molar-refractivity contribution in [1.82, 2.24) is 0 Å². The summed E-state index contributed by atoms with van der Waals surface area (Å²) in [5.74, 6) is 0.758. The largest absolute Gasteiger partial charge is 0.544 e. The van der Waals surface area contributed by atoms with Crippen LogP contribution >= 0.6 is 15.9 Å². The van der Waals surface area contributed by atoms with Gasteiger partial charge in [0.15, 0.2) is 6.29 Å². The highest BCUT2D eigenvalue weighted by atomic mass is 79.9. The van der Waals surface area contributed by atoms with Gasteiger partial charge in [0.2, 0.25) is 8.32 Å². The zero-order chi connectivity index (χ0) is 10.8. The molecule has 76 valence electrons. The monoisotopic (exact) mass is 272 g/mol. The second kappa shape index (κ2) is 4.27. The minimum Gasteiger partial charge on any atom is -0.544 e. The lowest BCUT2D eigenvalue weighted by atomic mass is 10.2. The van der Waals surface area contributed by atoms with Crippen molar-refractivity contribution in [1.29, 1.82) is 0 Å². The molecular formula is C10H13BrO2Si. The summed E-state index contributed by atoms with van der Waals surface area (Å²) in [5.41, 5.74) is 0.626. The van der Waals surface area contributed by atoms with E-state index in [9.17, 15) is 4.79 Å². The first-order chi connectivity index (χ1) is 6.44. The number of halogens is 1. The number of carbonyl (C=O) groups is 1. The van der Waals surface area contributed by atoms with Gasteiger partial charge in [-0.1, -0.05) is 12.1 Å². The molecule has 0 aliphatic heterocycles. The van der Waals surface area contributed by atoms with E-state index in [0.29, 0.717) is 5.56 Å². The molecule has 0 radical (unpaired) electrons. The van der Waals surface area contributed by atoms with E-state index >= 15 is 0 Å². The number of aldehydes is 1. The van der Waals surface area contributed by atoms with E-state index in [-0.39, 0.29) is 0 Å². The van der Waals surface area contributed by atoms with Gasteiger partial charge >= 0.3 is 0 Å². The summed E-state index contributed by atoms with van der Waals surface area (Å²) in [7, 11) is -1.61. The Labute approximate surface area is 93.5 Å². The van der Waals surface area contributed by atoms with Crippen LogP contribution in [0.2, 0.25) is 19.6 Å². The maximum atomic E-state index is 10.7. The normalized spacial score (nSPS) is 11.1. The molecule has 0 atom stereocenters. The molecule has 0 N–H and O–H groups in total. The fraction of sp³-hybridized carbons (Fsp3) is 0.300. The molecule has 0 fully saturated rings. The molecule has 0 heterocycles. The van der Waals surface area contributed by atoms with Crippen LogP contribution in [-0.2, 0) is 0 Å². The summed E-state index contributed by atoms with van der Waals surface area (Å²) in [6, 6.07) is 5.45. The molecule has 0 bridgehead atoms.